The van der Waals surface area contributed by atoms with Crippen LogP contribution in [0.4, 0.5) is 13.2 Å². The fraction of sp³-hybridized carbons (Fsp3) is 0.667. The van der Waals surface area contributed by atoms with Crippen LogP contribution >= 0.6 is 0 Å². The molecule has 2 unspecified atom stereocenters. The first-order chi connectivity index (χ1) is 5.05. The summed E-state index contributed by atoms with van der Waals surface area (Å²) in [6, 6.07) is 0. The van der Waals surface area contributed by atoms with E-state index in [-0.39, 0.29) is 6.10 Å². The fourth-order valence-corrected chi connectivity index (χ4v) is 1.19. The minimum atomic E-state index is -4.25. The van der Waals surface area contributed by atoms with Crippen molar-refractivity contribution in [1.82, 2.24) is 5.32 Å². The predicted molar refractivity (Wildman–Crippen MR) is 30.6 cm³/mol. The largest absolute Gasteiger partial charge is 0.430 e. The third-order valence-corrected chi connectivity index (χ3v) is 1.76. The van der Waals surface area contributed by atoms with Crippen molar-refractivity contribution in [2.75, 3.05) is 0 Å². The summed E-state index contributed by atoms with van der Waals surface area (Å²) in [6.07, 6.45) is -3.25. The topological polar surface area (TPSA) is 21.3 Å². The summed E-state index contributed by atoms with van der Waals surface area (Å²) < 4.78 is 40.8. The number of allylic oxidation sites excluding steroid dienone is 1. The normalized spacial score (nSPS) is 35.4. The van der Waals surface area contributed by atoms with Gasteiger partial charge in [-0.2, -0.15) is 13.2 Å². The van der Waals surface area contributed by atoms with E-state index in [4.69, 9.17) is 4.74 Å². The highest BCUT2D eigenvalue weighted by Crippen LogP contribution is 2.33. The van der Waals surface area contributed by atoms with Gasteiger partial charge in [0.25, 0.3) is 0 Å². The van der Waals surface area contributed by atoms with Crippen LogP contribution < -0.4 is 5.32 Å². The number of nitrogens with one attached hydrogen (secondary N) is 1. The van der Waals surface area contributed by atoms with Gasteiger partial charge in [0.2, 0.25) is 0 Å². The highest BCUT2D eigenvalue weighted by molar-refractivity contribution is 5.17. The quantitative estimate of drug-likeness (QED) is 0.581. The summed E-state index contributed by atoms with van der Waals surface area (Å²) in [5.74, 6) is 0. The van der Waals surface area contributed by atoms with Crippen molar-refractivity contribution in [2.24, 2.45) is 0 Å². The van der Waals surface area contributed by atoms with Gasteiger partial charge in [-0.3, -0.25) is 0 Å². The third-order valence-electron chi connectivity index (χ3n) is 1.76. The number of alkyl halides is 3. The lowest BCUT2D eigenvalue weighted by atomic mass is 10.0. The Bertz CT molecular complexity index is 204. The average Bonchev–Trinajstić information content (AvgIpc) is 1.84. The van der Waals surface area contributed by atoms with Crippen LogP contribution in [0.1, 0.15) is 6.42 Å². The average molecular weight is 165 g/mol. The molecule has 2 atom stereocenters. The Morgan fingerprint density at radius 2 is 2.18 bits per heavy atom. The van der Waals surface area contributed by atoms with Crippen molar-refractivity contribution >= 4 is 0 Å². The van der Waals surface area contributed by atoms with Crippen LogP contribution in [0.3, 0.4) is 0 Å². The van der Waals surface area contributed by atoms with Crippen LogP contribution in [0, 0.1) is 0 Å². The highest BCUT2D eigenvalue weighted by Gasteiger charge is 2.43. The molecular weight excluding hydrogens is 159 g/mol. The van der Waals surface area contributed by atoms with Crippen LogP contribution in [0.2, 0.25) is 0 Å². The summed E-state index contributed by atoms with van der Waals surface area (Å²) in [5, 5.41) is 2.24. The number of ether oxygens (including phenoxy) is 1. The second-order valence-corrected chi connectivity index (χ2v) is 2.62. The standard InChI is InChI=1S/C6H6F3NO/c7-6(8,9)4-1-3-2-5(10-4)11-3/h1,3,5,10H,2H2. The van der Waals surface area contributed by atoms with Crippen LogP contribution in [0.25, 0.3) is 0 Å². The van der Waals surface area contributed by atoms with E-state index in [1.54, 1.807) is 0 Å². The van der Waals surface area contributed by atoms with Crippen molar-refractivity contribution in [1.29, 1.82) is 0 Å². The molecule has 0 spiro atoms. The zero-order chi connectivity index (χ0) is 8.06. The molecule has 1 N–H and O–H groups in total. The molecule has 1 fully saturated rings. The summed E-state index contributed by atoms with van der Waals surface area (Å²) in [4.78, 5) is 0. The molecule has 0 aromatic heterocycles. The van der Waals surface area contributed by atoms with Crippen LogP contribution in [-0.4, -0.2) is 18.5 Å². The molecular formula is C6H6F3NO. The molecule has 0 aromatic rings. The van der Waals surface area contributed by atoms with Gasteiger partial charge in [-0.1, -0.05) is 0 Å². The van der Waals surface area contributed by atoms with Crippen LogP contribution in [0.5, 0.6) is 0 Å². The molecule has 0 saturated carbocycles. The maximum Gasteiger partial charge on any atom is 0.430 e. The molecule has 5 heteroatoms. The molecule has 3 aliphatic rings. The molecule has 3 heterocycles. The lowest BCUT2D eigenvalue weighted by molar-refractivity contribution is -0.156. The number of hydrogen-bond acceptors (Lipinski definition) is 2. The third kappa shape index (κ3) is 1.09. The van der Waals surface area contributed by atoms with Gasteiger partial charge in [-0.25, -0.2) is 0 Å². The van der Waals surface area contributed by atoms with Gasteiger partial charge in [-0.15, -0.1) is 0 Å². The lowest BCUT2D eigenvalue weighted by Gasteiger charge is -2.41. The Kier molecular flexibility index (Phi) is 1.21. The van der Waals surface area contributed by atoms with Crippen molar-refractivity contribution in [3.05, 3.63) is 11.8 Å². The second kappa shape index (κ2) is 1.91. The Morgan fingerprint density at radius 3 is 2.45 bits per heavy atom. The lowest BCUT2D eigenvalue weighted by Crippen LogP contribution is -2.53. The Morgan fingerprint density at radius 1 is 1.55 bits per heavy atom. The first-order valence-electron chi connectivity index (χ1n) is 3.27. The smallest absolute Gasteiger partial charge is 0.356 e. The molecule has 0 radical (unpaired) electrons. The SMILES string of the molecule is FC(F)(F)C1=CC2CC(N1)O2. The first-order valence-corrected chi connectivity index (χ1v) is 3.27. The summed E-state index contributed by atoms with van der Waals surface area (Å²) in [5.41, 5.74) is -0.662. The van der Waals surface area contributed by atoms with Crippen LogP contribution in [-0.2, 0) is 4.74 Å². The summed E-state index contributed by atoms with van der Waals surface area (Å²) >= 11 is 0. The molecule has 2 nitrogen and oxygen atoms in total. The monoisotopic (exact) mass is 165 g/mol. The summed E-state index contributed by atoms with van der Waals surface area (Å²) in [7, 11) is 0. The van der Waals surface area contributed by atoms with E-state index in [0.717, 1.165) is 6.08 Å². The molecule has 3 rings (SSSR count). The fourth-order valence-electron chi connectivity index (χ4n) is 1.19. The molecule has 11 heavy (non-hydrogen) atoms. The van der Waals surface area contributed by atoms with Crippen molar-refractivity contribution in [3.63, 3.8) is 0 Å². The molecule has 3 aliphatic heterocycles. The van der Waals surface area contributed by atoms with Gasteiger partial charge < -0.3 is 10.1 Å². The van der Waals surface area contributed by atoms with E-state index >= 15 is 0 Å². The number of fused-ring (bicyclic) bond motifs is 1. The highest BCUT2D eigenvalue weighted by atomic mass is 19.4. The van der Waals surface area contributed by atoms with Gasteiger partial charge in [0.15, 0.2) is 0 Å². The molecule has 62 valence electrons. The van der Waals surface area contributed by atoms with E-state index in [9.17, 15) is 13.2 Å². The van der Waals surface area contributed by atoms with Gasteiger partial charge in [-0.05, 0) is 6.08 Å². The van der Waals surface area contributed by atoms with E-state index in [1.807, 2.05) is 0 Å². The van der Waals surface area contributed by atoms with E-state index < -0.39 is 18.1 Å². The van der Waals surface area contributed by atoms with Gasteiger partial charge in [0.05, 0.1) is 6.10 Å². The number of rotatable bonds is 0. The second-order valence-electron chi connectivity index (χ2n) is 2.62. The van der Waals surface area contributed by atoms with Gasteiger partial charge >= 0.3 is 6.18 Å². The number of hydrogen-bond donors (Lipinski definition) is 1. The van der Waals surface area contributed by atoms with Crippen molar-refractivity contribution in [2.45, 2.75) is 24.9 Å². The van der Waals surface area contributed by atoms with E-state index in [0.29, 0.717) is 6.42 Å². The first kappa shape index (κ1) is 6.97. The van der Waals surface area contributed by atoms with E-state index in [2.05, 4.69) is 5.32 Å². The minimum Gasteiger partial charge on any atom is -0.356 e. The van der Waals surface area contributed by atoms with Crippen LogP contribution in [0.15, 0.2) is 11.8 Å². The maximum atomic E-state index is 11.9. The zero-order valence-corrected chi connectivity index (χ0v) is 5.48. The zero-order valence-electron chi connectivity index (χ0n) is 5.48. The van der Waals surface area contributed by atoms with Gasteiger partial charge in [0.1, 0.15) is 11.9 Å². The molecule has 0 aliphatic carbocycles. The molecule has 1 saturated heterocycles. The Balaban J connectivity index is 2.16. The molecule has 2 bridgehead atoms. The minimum absolute atomic E-state index is 0.321. The van der Waals surface area contributed by atoms with Gasteiger partial charge in [0, 0.05) is 6.42 Å². The van der Waals surface area contributed by atoms with Crippen molar-refractivity contribution in [3.8, 4) is 0 Å². The predicted octanol–water partition coefficient (Wildman–Crippen LogP) is 1.15. The molecule has 0 aromatic carbocycles. The number of halogens is 3. The van der Waals surface area contributed by atoms with Crippen molar-refractivity contribution < 1.29 is 17.9 Å². The Labute approximate surface area is 61.0 Å². The maximum absolute atomic E-state index is 11.9. The van der Waals surface area contributed by atoms with E-state index in [1.165, 1.54) is 0 Å². The summed E-state index contributed by atoms with van der Waals surface area (Å²) in [6.45, 7) is 0. The Hall–Kier alpha value is -0.710. The molecule has 0 amide bonds.